The van der Waals surface area contributed by atoms with Gasteiger partial charge in [0.1, 0.15) is 0 Å². The number of hydrogen-bond donors (Lipinski definition) is 1. The molecule has 1 aliphatic heterocycles. The summed E-state index contributed by atoms with van der Waals surface area (Å²) in [6, 6.07) is 6.50. The lowest BCUT2D eigenvalue weighted by Crippen LogP contribution is -2.41. The topological polar surface area (TPSA) is 58.6 Å². The maximum Gasteiger partial charge on any atom is 0.223 e. The summed E-state index contributed by atoms with van der Waals surface area (Å²) in [5.41, 5.74) is 3.70. The average molecular weight is 332 g/mol. The van der Waals surface area contributed by atoms with Gasteiger partial charge in [0, 0.05) is 32.0 Å². The first-order valence-corrected chi connectivity index (χ1v) is 8.66. The van der Waals surface area contributed by atoms with E-state index in [9.17, 15) is 9.59 Å². The Bertz CT molecular complexity index is 560. The molecule has 2 amide bonds. The van der Waals surface area contributed by atoms with Crippen molar-refractivity contribution in [3.63, 3.8) is 0 Å². The Morgan fingerprint density at radius 3 is 2.38 bits per heavy atom. The van der Waals surface area contributed by atoms with Gasteiger partial charge >= 0.3 is 0 Å². The van der Waals surface area contributed by atoms with Crippen LogP contribution >= 0.6 is 0 Å². The number of nitrogens with one attached hydrogen (secondary N) is 1. The third-order valence-electron chi connectivity index (χ3n) is 4.16. The number of ether oxygens (including phenoxy) is 1. The number of aryl methyl sites for hydroxylation is 2. The minimum absolute atomic E-state index is 0.0374. The van der Waals surface area contributed by atoms with Crippen molar-refractivity contribution in [1.29, 1.82) is 0 Å². The van der Waals surface area contributed by atoms with Crippen molar-refractivity contribution in [2.45, 2.75) is 46.1 Å². The lowest BCUT2D eigenvalue weighted by Gasteiger charge is -2.26. The van der Waals surface area contributed by atoms with Crippen LogP contribution in [-0.4, -0.2) is 49.1 Å². The van der Waals surface area contributed by atoms with Gasteiger partial charge in [0.2, 0.25) is 11.8 Å². The molecule has 1 fully saturated rings. The number of nitrogens with zero attached hydrogens (tertiary/aromatic N) is 1. The van der Waals surface area contributed by atoms with E-state index < -0.39 is 0 Å². The molecule has 2 rings (SSSR count). The van der Waals surface area contributed by atoms with Crippen LogP contribution in [0, 0.1) is 13.8 Å². The number of carbonyl (C=O) groups excluding carboxylic acids is 2. The molecule has 1 atom stereocenters. The van der Waals surface area contributed by atoms with Gasteiger partial charge in [-0.25, -0.2) is 0 Å². The minimum atomic E-state index is -0.0616. The maximum absolute atomic E-state index is 12.1. The lowest BCUT2D eigenvalue weighted by atomic mass is 10.0. The molecule has 0 radical (unpaired) electrons. The quantitative estimate of drug-likeness (QED) is 0.867. The maximum atomic E-state index is 12.1. The van der Waals surface area contributed by atoms with Crippen LogP contribution < -0.4 is 5.32 Å². The zero-order chi connectivity index (χ0) is 17.5. The second kappa shape index (κ2) is 8.83. The normalized spacial score (nSPS) is 15.9. The first-order chi connectivity index (χ1) is 11.4. The van der Waals surface area contributed by atoms with Crippen LogP contribution in [-0.2, 0) is 20.7 Å². The summed E-state index contributed by atoms with van der Waals surface area (Å²) in [6.45, 7) is 8.59. The molecule has 1 heterocycles. The SMILES string of the molecule is Cc1cc(C)cc(C[C@H](C)NC(=O)CCC(=O)N2CCOCC2)c1. The largest absolute Gasteiger partial charge is 0.378 e. The van der Waals surface area contributed by atoms with Gasteiger partial charge in [0.25, 0.3) is 0 Å². The summed E-state index contributed by atoms with van der Waals surface area (Å²) in [5, 5.41) is 2.99. The summed E-state index contributed by atoms with van der Waals surface area (Å²) >= 11 is 0. The van der Waals surface area contributed by atoms with Gasteiger partial charge in [-0.15, -0.1) is 0 Å². The van der Waals surface area contributed by atoms with Crippen molar-refractivity contribution in [3.8, 4) is 0 Å². The van der Waals surface area contributed by atoms with E-state index in [-0.39, 0.29) is 30.7 Å². The molecule has 0 bridgehead atoms. The molecule has 5 heteroatoms. The Balaban J connectivity index is 1.73. The molecule has 1 N–H and O–H groups in total. The fourth-order valence-electron chi connectivity index (χ4n) is 3.13. The Kier molecular flexibility index (Phi) is 6.79. The minimum Gasteiger partial charge on any atom is -0.378 e. The van der Waals surface area contributed by atoms with Crippen molar-refractivity contribution < 1.29 is 14.3 Å². The van der Waals surface area contributed by atoms with Gasteiger partial charge in [-0.3, -0.25) is 9.59 Å². The van der Waals surface area contributed by atoms with Crippen molar-refractivity contribution in [3.05, 3.63) is 34.9 Å². The molecule has 1 aromatic carbocycles. The highest BCUT2D eigenvalue weighted by Gasteiger charge is 2.18. The molecule has 132 valence electrons. The number of rotatable bonds is 6. The van der Waals surface area contributed by atoms with E-state index in [1.54, 1.807) is 4.90 Å². The van der Waals surface area contributed by atoms with E-state index in [0.29, 0.717) is 26.3 Å². The van der Waals surface area contributed by atoms with E-state index in [0.717, 1.165) is 6.42 Å². The Morgan fingerprint density at radius 1 is 1.12 bits per heavy atom. The van der Waals surface area contributed by atoms with Crippen LogP contribution in [0.2, 0.25) is 0 Å². The summed E-state index contributed by atoms with van der Waals surface area (Å²) in [4.78, 5) is 25.9. The molecule has 0 aromatic heterocycles. The first kappa shape index (κ1) is 18.5. The van der Waals surface area contributed by atoms with Crippen LogP contribution in [0.15, 0.2) is 18.2 Å². The predicted molar refractivity (Wildman–Crippen MR) is 93.9 cm³/mol. The number of hydrogen-bond acceptors (Lipinski definition) is 3. The summed E-state index contributed by atoms with van der Waals surface area (Å²) < 4.78 is 5.23. The number of benzene rings is 1. The molecule has 5 nitrogen and oxygen atoms in total. The average Bonchev–Trinajstić information content (AvgIpc) is 2.52. The van der Waals surface area contributed by atoms with Crippen LogP contribution in [0.5, 0.6) is 0 Å². The van der Waals surface area contributed by atoms with E-state index >= 15 is 0 Å². The van der Waals surface area contributed by atoms with Gasteiger partial charge in [0.05, 0.1) is 13.2 Å². The van der Waals surface area contributed by atoms with Crippen molar-refractivity contribution in [2.24, 2.45) is 0 Å². The fourth-order valence-corrected chi connectivity index (χ4v) is 3.13. The van der Waals surface area contributed by atoms with E-state index in [2.05, 4.69) is 37.4 Å². The number of amides is 2. The molecule has 0 unspecified atom stereocenters. The lowest BCUT2D eigenvalue weighted by molar-refractivity contribution is -0.137. The van der Waals surface area contributed by atoms with Crippen LogP contribution in [0.1, 0.15) is 36.5 Å². The van der Waals surface area contributed by atoms with E-state index in [1.807, 2.05) is 6.92 Å². The van der Waals surface area contributed by atoms with Gasteiger partial charge in [-0.1, -0.05) is 29.3 Å². The van der Waals surface area contributed by atoms with E-state index in [4.69, 9.17) is 4.74 Å². The highest BCUT2D eigenvalue weighted by molar-refractivity contribution is 5.83. The highest BCUT2D eigenvalue weighted by Crippen LogP contribution is 2.11. The zero-order valence-electron chi connectivity index (χ0n) is 14.9. The number of morpholine rings is 1. The molecule has 1 aromatic rings. The van der Waals surface area contributed by atoms with Crippen LogP contribution in [0.25, 0.3) is 0 Å². The molecule has 1 aliphatic rings. The standard InChI is InChI=1S/C19H28N2O3/c1-14-10-15(2)12-17(11-14)13-16(3)20-18(22)4-5-19(23)21-6-8-24-9-7-21/h10-12,16H,4-9,13H2,1-3H3,(H,20,22)/t16-/m0/s1. The molecule has 0 saturated carbocycles. The van der Waals surface area contributed by atoms with Crippen molar-refractivity contribution in [2.75, 3.05) is 26.3 Å². The van der Waals surface area contributed by atoms with Gasteiger partial charge in [0.15, 0.2) is 0 Å². The second-order valence-corrected chi connectivity index (χ2v) is 6.66. The molecule has 24 heavy (non-hydrogen) atoms. The third kappa shape index (κ3) is 5.96. The van der Waals surface area contributed by atoms with Gasteiger partial charge in [-0.05, 0) is 32.8 Å². The van der Waals surface area contributed by atoms with Crippen LogP contribution in [0.3, 0.4) is 0 Å². The Labute approximate surface area is 144 Å². The van der Waals surface area contributed by atoms with E-state index in [1.165, 1.54) is 16.7 Å². The van der Waals surface area contributed by atoms with Crippen LogP contribution in [0.4, 0.5) is 0 Å². The summed E-state index contributed by atoms with van der Waals surface area (Å²) in [6.07, 6.45) is 1.31. The second-order valence-electron chi connectivity index (χ2n) is 6.66. The monoisotopic (exact) mass is 332 g/mol. The van der Waals surface area contributed by atoms with Crippen molar-refractivity contribution in [1.82, 2.24) is 10.2 Å². The predicted octanol–water partition coefficient (Wildman–Crippen LogP) is 1.99. The molecule has 0 aliphatic carbocycles. The van der Waals surface area contributed by atoms with Gasteiger partial charge in [-0.2, -0.15) is 0 Å². The highest BCUT2D eigenvalue weighted by atomic mass is 16.5. The molecule has 0 spiro atoms. The Hall–Kier alpha value is -1.88. The fraction of sp³-hybridized carbons (Fsp3) is 0.579. The summed E-state index contributed by atoms with van der Waals surface area (Å²) in [5.74, 6) is -0.0242. The zero-order valence-corrected chi connectivity index (χ0v) is 14.9. The van der Waals surface area contributed by atoms with Crippen molar-refractivity contribution >= 4 is 11.8 Å². The van der Waals surface area contributed by atoms with Gasteiger partial charge < -0.3 is 15.0 Å². The molecular formula is C19H28N2O3. The third-order valence-corrected chi connectivity index (χ3v) is 4.16. The molecule has 1 saturated heterocycles. The Morgan fingerprint density at radius 2 is 1.75 bits per heavy atom. The number of carbonyl (C=O) groups is 2. The molecular weight excluding hydrogens is 304 g/mol. The first-order valence-electron chi connectivity index (χ1n) is 8.66. The smallest absolute Gasteiger partial charge is 0.223 e. The summed E-state index contributed by atoms with van der Waals surface area (Å²) in [7, 11) is 0.